The first kappa shape index (κ1) is 10.4. The Labute approximate surface area is 65.8 Å². The van der Waals surface area contributed by atoms with E-state index < -0.39 is 5.41 Å². The molecule has 0 radical (unpaired) electrons. The molecular formula is C8H18FP. The van der Waals surface area contributed by atoms with Gasteiger partial charge in [-0.3, -0.25) is 0 Å². The van der Waals surface area contributed by atoms with E-state index in [1.54, 1.807) is 0 Å². The Kier molecular flexibility index (Phi) is 5.25. The second-order valence-corrected chi connectivity index (χ2v) is 3.92. The van der Waals surface area contributed by atoms with Crippen LogP contribution in [0, 0.1) is 0 Å². The van der Waals surface area contributed by atoms with E-state index in [2.05, 4.69) is 16.2 Å². The first-order valence-corrected chi connectivity index (χ1v) is 4.68. The van der Waals surface area contributed by atoms with Gasteiger partial charge in [-0.25, -0.2) is 4.39 Å². The molecule has 0 fully saturated rings. The van der Waals surface area contributed by atoms with Gasteiger partial charge in [-0.15, -0.1) is 0 Å². The fourth-order valence-corrected chi connectivity index (χ4v) is 1.50. The summed E-state index contributed by atoms with van der Waals surface area (Å²) in [4.78, 5) is 0. The van der Waals surface area contributed by atoms with Gasteiger partial charge in [-0.05, 0) is 12.8 Å². The summed E-state index contributed by atoms with van der Waals surface area (Å²) >= 11 is 0. The molecule has 62 valence electrons. The third kappa shape index (κ3) is 5.17. The highest BCUT2D eigenvalue weighted by Gasteiger charge is 2.20. The van der Waals surface area contributed by atoms with Crippen LogP contribution in [0.15, 0.2) is 0 Å². The maximum absolute atomic E-state index is 13.2. The number of halogens is 1. The lowest BCUT2D eigenvalue weighted by molar-refractivity contribution is 0.244. The Morgan fingerprint density at radius 1 is 1.20 bits per heavy atom. The van der Waals surface area contributed by atoms with Crippen LogP contribution in [0.2, 0.25) is 0 Å². The van der Waals surface area contributed by atoms with Crippen molar-refractivity contribution in [3.63, 3.8) is 0 Å². The van der Waals surface area contributed by atoms with Crippen LogP contribution in [0.3, 0.4) is 0 Å². The molecule has 0 saturated carbocycles. The van der Waals surface area contributed by atoms with Gasteiger partial charge in [0.15, 0.2) is 0 Å². The van der Waals surface area contributed by atoms with Crippen molar-refractivity contribution in [2.24, 2.45) is 0 Å². The summed E-state index contributed by atoms with van der Waals surface area (Å²) in [5, 5.41) is -0.981. The largest absolute Gasteiger partial charge is 0.240 e. The van der Waals surface area contributed by atoms with Gasteiger partial charge in [0.25, 0.3) is 0 Å². The lowest BCUT2D eigenvalue weighted by atomic mass is 10.1. The van der Waals surface area contributed by atoms with E-state index in [4.69, 9.17) is 0 Å². The maximum Gasteiger partial charge on any atom is 0.123 e. The van der Waals surface area contributed by atoms with Crippen LogP contribution in [0.1, 0.15) is 46.0 Å². The number of hydrogen-bond acceptors (Lipinski definition) is 0. The van der Waals surface area contributed by atoms with Crippen LogP contribution in [-0.4, -0.2) is 5.41 Å². The van der Waals surface area contributed by atoms with Gasteiger partial charge in [-0.2, -0.15) is 0 Å². The summed E-state index contributed by atoms with van der Waals surface area (Å²) in [6.07, 6.45) is 4.40. The molecule has 2 unspecified atom stereocenters. The second-order valence-electron chi connectivity index (χ2n) is 2.89. The third-order valence-corrected chi connectivity index (χ3v) is 2.19. The molecule has 10 heavy (non-hydrogen) atoms. The van der Waals surface area contributed by atoms with Crippen molar-refractivity contribution >= 4 is 9.24 Å². The van der Waals surface area contributed by atoms with E-state index in [1.165, 1.54) is 0 Å². The summed E-state index contributed by atoms with van der Waals surface area (Å²) in [5.74, 6) is 0. The Balaban J connectivity index is 3.42. The van der Waals surface area contributed by atoms with Crippen LogP contribution < -0.4 is 0 Å². The molecule has 0 rings (SSSR count). The maximum atomic E-state index is 13.2. The van der Waals surface area contributed by atoms with Crippen LogP contribution in [0.25, 0.3) is 0 Å². The minimum absolute atomic E-state index is 0.678. The SMILES string of the molecule is CCCCC(F)(P)CCC. The first-order chi connectivity index (χ1) is 4.62. The van der Waals surface area contributed by atoms with Crippen LogP contribution in [0.5, 0.6) is 0 Å². The third-order valence-electron chi connectivity index (χ3n) is 1.61. The van der Waals surface area contributed by atoms with Gasteiger partial charge in [0, 0.05) is 0 Å². The average Bonchev–Trinajstić information content (AvgIpc) is 1.84. The van der Waals surface area contributed by atoms with E-state index in [1.807, 2.05) is 6.92 Å². The van der Waals surface area contributed by atoms with Gasteiger partial charge >= 0.3 is 0 Å². The van der Waals surface area contributed by atoms with E-state index >= 15 is 0 Å². The molecule has 0 aliphatic carbocycles. The normalized spacial score (nSPS) is 16.8. The molecule has 0 aromatic rings. The van der Waals surface area contributed by atoms with Crippen molar-refractivity contribution in [3.05, 3.63) is 0 Å². The van der Waals surface area contributed by atoms with Crippen molar-refractivity contribution in [2.45, 2.75) is 51.4 Å². The molecule has 0 spiro atoms. The smallest absolute Gasteiger partial charge is 0.123 e. The van der Waals surface area contributed by atoms with Gasteiger partial charge in [0.2, 0.25) is 0 Å². The Hall–Kier alpha value is 0.360. The van der Waals surface area contributed by atoms with Crippen LogP contribution in [-0.2, 0) is 0 Å². The monoisotopic (exact) mass is 164 g/mol. The lowest BCUT2D eigenvalue weighted by Crippen LogP contribution is -2.12. The number of rotatable bonds is 5. The fourth-order valence-electron chi connectivity index (χ4n) is 1.01. The zero-order chi connectivity index (χ0) is 8.04. The minimum atomic E-state index is -0.981. The summed E-state index contributed by atoms with van der Waals surface area (Å²) in [6.45, 7) is 4.11. The quantitative estimate of drug-likeness (QED) is 0.545. The van der Waals surface area contributed by atoms with Crippen molar-refractivity contribution < 1.29 is 4.39 Å². The molecule has 0 aromatic heterocycles. The van der Waals surface area contributed by atoms with Gasteiger partial charge in [0.1, 0.15) is 5.41 Å². The van der Waals surface area contributed by atoms with Crippen LogP contribution in [0.4, 0.5) is 4.39 Å². The standard InChI is InChI=1S/C8H18FP/c1-3-5-7-8(9,10)6-4-2/h3-7,10H2,1-2H3. The molecule has 0 bridgehead atoms. The fraction of sp³-hybridized carbons (Fsp3) is 1.00. The first-order valence-electron chi connectivity index (χ1n) is 4.10. The molecule has 0 heterocycles. The zero-order valence-corrected chi connectivity index (χ0v) is 8.15. The van der Waals surface area contributed by atoms with Crippen LogP contribution >= 0.6 is 9.24 Å². The molecule has 0 aromatic carbocycles. The van der Waals surface area contributed by atoms with Crippen molar-refractivity contribution in [1.29, 1.82) is 0 Å². The lowest BCUT2D eigenvalue weighted by Gasteiger charge is -2.18. The molecule has 2 atom stereocenters. The molecule has 2 heteroatoms. The number of hydrogen-bond donors (Lipinski definition) is 0. The van der Waals surface area contributed by atoms with E-state index in [9.17, 15) is 4.39 Å². The van der Waals surface area contributed by atoms with E-state index in [0.717, 1.165) is 19.3 Å². The summed E-state index contributed by atoms with van der Waals surface area (Å²) < 4.78 is 13.2. The molecule has 0 amide bonds. The molecule has 0 aliphatic rings. The summed E-state index contributed by atoms with van der Waals surface area (Å²) in [6, 6.07) is 0. The van der Waals surface area contributed by atoms with E-state index in [-0.39, 0.29) is 0 Å². The van der Waals surface area contributed by atoms with Crippen molar-refractivity contribution in [1.82, 2.24) is 0 Å². The zero-order valence-electron chi connectivity index (χ0n) is 6.99. The second kappa shape index (κ2) is 5.07. The molecule has 0 aliphatic heterocycles. The molecule has 0 saturated heterocycles. The van der Waals surface area contributed by atoms with Crippen molar-refractivity contribution in [2.75, 3.05) is 0 Å². The number of alkyl halides is 1. The highest BCUT2D eigenvalue weighted by Crippen LogP contribution is 2.31. The Morgan fingerprint density at radius 3 is 2.20 bits per heavy atom. The summed E-state index contributed by atoms with van der Waals surface area (Å²) in [7, 11) is 2.32. The predicted octanol–water partition coefficient (Wildman–Crippen LogP) is 3.52. The Morgan fingerprint density at radius 2 is 1.80 bits per heavy atom. The van der Waals surface area contributed by atoms with Gasteiger partial charge in [-0.1, -0.05) is 42.3 Å². The highest BCUT2D eigenvalue weighted by atomic mass is 31.0. The topological polar surface area (TPSA) is 0 Å². The minimum Gasteiger partial charge on any atom is -0.240 e. The predicted molar refractivity (Wildman–Crippen MR) is 48.0 cm³/mol. The number of unbranched alkanes of at least 4 members (excludes halogenated alkanes) is 1. The molecule has 0 N–H and O–H groups in total. The highest BCUT2D eigenvalue weighted by molar-refractivity contribution is 7.18. The Bertz CT molecular complexity index is 81.3. The van der Waals surface area contributed by atoms with E-state index in [0.29, 0.717) is 12.8 Å². The van der Waals surface area contributed by atoms with Crippen molar-refractivity contribution in [3.8, 4) is 0 Å². The van der Waals surface area contributed by atoms with Gasteiger partial charge < -0.3 is 0 Å². The molecule has 0 nitrogen and oxygen atoms in total. The average molecular weight is 164 g/mol. The molecular weight excluding hydrogens is 146 g/mol. The summed E-state index contributed by atoms with van der Waals surface area (Å²) in [5.41, 5.74) is 0. The van der Waals surface area contributed by atoms with Gasteiger partial charge in [0.05, 0.1) is 0 Å².